The molecule has 0 heterocycles. The average Bonchev–Trinajstić information content (AvgIpc) is 2.56. The molecule has 0 fully saturated rings. The number of ether oxygens (including phenoxy) is 2. The summed E-state index contributed by atoms with van der Waals surface area (Å²) in [6.07, 6.45) is 0. The normalized spacial score (nSPS) is 10.1. The molecule has 2 rings (SSSR count). The molecule has 23 heavy (non-hydrogen) atoms. The number of para-hydroxylation sites is 1. The first kappa shape index (κ1) is 16.5. The van der Waals surface area contributed by atoms with E-state index in [1.165, 1.54) is 0 Å². The molecule has 2 amide bonds. The van der Waals surface area contributed by atoms with Crippen molar-refractivity contribution in [2.75, 3.05) is 25.6 Å². The van der Waals surface area contributed by atoms with Gasteiger partial charge in [0.2, 0.25) is 5.91 Å². The maximum absolute atomic E-state index is 12.4. The van der Waals surface area contributed by atoms with Gasteiger partial charge < -0.3 is 20.5 Å². The molecule has 0 unspecified atom stereocenters. The molecule has 0 atom stereocenters. The van der Waals surface area contributed by atoms with Crippen LogP contribution in [-0.4, -0.2) is 32.1 Å². The molecule has 120 valence electrons. The van der Waals surface area contributed by atoms with E-state index in [0.717, 1.165) is 0 Å². The number of hydrogen-bond acceptors (Lipinski definition) is 4. The third-order valence-electron chi connectivity index (χ3n) is 3.10. The summed E-state index contributed by atoms with van der Waals surface area (Å²) in [6, 6.07) is 13.3. The summed E-state index contributed by atoms with van der Waals surface area (Å²) in [7, 11) is 1.58. The molecule has 2 aromatic carbocycles. The van der Waals surface area contributed by atoms with Crippen molar-refractivity contribution >= 4 is 17.5 Å². The van der Waals surface area contributed by atoms with E-state index in [4.69, 9.17) is 15.2 Å². The number of methoxy groups -OCH3 is 1. The van der Waals surface area contributed by atoms with Gasteiger partial charge in [-0.25, -0.2) is 0 Å². The maximum atomic E-state index is 12.4. The molecular weight excluding hydrogens is 296 g/mol. The van der Waals surface area contributed by atoms with Crippen LogP contribution in [0.5, 0.6) is 5.75 Å². The van der Waals surface area contributed by atoms with E-state index in [-0.39, 0.29) is 5.91 Å². The molecule has 0 saturated heterocycles. The second-order valence-corrected chi connectivity index (χ2v) is 4.73. The van der Waals surface area contributed by atoms with Gasteiger partial charge in [-0.05, 0) is 36.4 Å². The Bertz CT molecular complexity index is 683. The summed E-state index contributed by atoms with van der Waals surface area (Å²) in [6.45, 7) is 0.790. The predicted molar refractivity (Wildman–Crippen MR) is 86.7 cm³/mol. The SMILES string of the molecule is COCCOc1ccccc1C(=O)Nc1ccc(C(N)=O)cc1. The largest absolute Gasteiger partial charge is 0.490 e. The van der Waals surface area contributed by atoms with E-state index in [9.17, 15) is 9.59 Å². The van der Waals surface area contributed by atoms with Gasteiger partial charge in [-0.2, -0.15) is 0 Å². The van der Waals surface area contributed by atoms with E-state index in [1.807, 2.05) is 0 Å². The summed E-state index contributed by atoms with van der Waals surface area (Å²) in [5.41, 5.74) is 6.54. The quantitative estimate of drug-likeness (QED) is 0.765. The molecule has 0 aliphatic rings. The smallest absolute Gasteiger partial charge is 0.259 e. The Kier molecular flexibility index (Phi) is 5.71. The van der Waals surface area contributed by atoms with Crippen molar-refractivity contribution in [3.05, 3.63) is 59.7 Å². The number of benzene rings is 2. The first-order valence-electron chi connectivity index (χ1n) is 7.04. The van der Waals surface area contributed by atoms with Crippen LogP contribution in [0.15, 0.2) is 48.5 Å². The Morgan fingerprint density at radius 3 is 2.39 bits per heavy atom. The van der Waals surface area contributed by atoms with Crippen molar-refractivity contribution in [3.63, 3.8) is 0 Å². The molecule has 2 aromatic rings. The fourth-order valence-corrected chi connectivity index (χ4v) is 1.93. The molecule has 3 N–H and O–H groups in total. The second-order valence-electron chi connectivity index (χ2n) is 4.73. The van der Waals surface area contributed by atoms with Crippen LogP contribution in [0.1, 0.15) is 20.7 Å². The number of hydrogen-bond donors (Lipinski definition) is 2. The van der Waals surface area contributed by atoms with E-state index >= 15 is 0 Å². The van der Waals surface area contributed by atoms with E-state index in [1.54, 1.807) is 55.6 Å². The summed E-state index contributed by atoms with van der Waals surface area (Å²) in [4.78, 5) is 23.4. The Balaban J connectivity index is 2.09. The molecule has 0 spiro atoms. The van der Waals surface area contributed by atoms with Crippen LogP contribution in [0.25, 0.3) is 0 Å². The van der Waals surface area contributed by atoms with Gasteiger partial charge in [-0.1, -0.05) is 12.1 Å². The van der Waals surface area contributed by atoms with Gasteiger partial charge >= 0.3 is 0 Å². The number of primary amides is 1. The number of anilines is 1. The van der Waals surface area contributed by atoms with Crippen molar-refractivity contribution in [3.8, 4) is 5.75 Å². The fraction of sp³-hybridized carbons (Fsp3) is 0.176. The molecule has 0 aliphatic heterocycles. The van der Waals surface area contributed by atoms with Gasteiger partial charge in [0.15, 0.2) is 0 Å². The summed E-state index contributed by atoms with van der Waals surface area (Å²) in [5.74, 6) is -0.333. The first-order valence-corrected chi connectivity index (χ1v) is 7.04. The zero-order valence-corrected chi connectivity index (χ0v) is 12.7. The number of nitrogens with two attached hydrogens (primary N) is 1. The number of carbonyl (C=O) groups excluding carboxylic acids is 2. The molecule has 0 saturated carbocycles. The third kappa shape index (κ3) is 4.55. The molecule has 6 nitrogen and oxygen atoms in total. The predicted octanol–water partition coefficient (Wildman–Crippen LogP) is 2.06. The van der Waals surface area contributed by atoms with Gasteiger partial charge in [0.25, 0.3) is 5.91 Å². The standard InChI is InChI=1S/C17H18N2O4/c1-22-10-11-23-15-5-3-2-4-14(15)17(21)19-13-8-6-12(7-9-13)16(18)20/h2-9H,10-11H2,1H3,(H2,18,20)(H,19,21). The second kappa shape index (κ2) is 7.95. The van der Waals surface area contributed by atoms with Gasteiger partial charge in [0, 0.05) is 18.4 Å². The lowest BCUT2D eigenvalue weighted by atomic mass is 10.1. The van der Waals surface area contributed by atoms with Crippen molar-refractivity contribution in [1.82, 2.24) is 0 Å². The minimum Gasteiger partial charge on any atom is -0.490 e. The molecule has 0 bridgehead atoms. The minimum atomic E-state index is -0.514. The van der Waals surface area contributed by atoms with Crippen LogP contribution < -0.4 is 15.8 Å². The average molecular weight is 314 g/mol. The van der Waals surface area contributed by atoms with Crippen molar-refractivity contribution in [1.29, 1.82) is 0 Å². The monoisotopic (exact) mass is 314 g/mol. The lowest BCUT2D eigenvalue weighted by molar-refractivity contribution is 0.0997. The third-order valence-corrected chi connectivity index (χ3v) is 3.10. The maximum Gasteiger partial charge on any atom is 0.259 e. The number of rotatable bonds is 7. The Morgan fingerprint density at radius 2 is 1.74 bits per heavy atom. The molecule has 0 radical (unpaired) electrons. The summed E-state index contributed by atoms with van der Waals surface area (Å²) >= 11 is 0. The van der Waals surface area contributed by atoms with Gasteiger partial charge in [-0.3, -0.25) is 9.59 Å². The van der Waals surface area contributed by atoms with Crippen LogP contribution >= 0.6 is 0 Å². The highest BCUT2D eigenvalue weighted by molar-refractivity contribution is 6.06. The Hall–Kier alpha value is -2.86. The van der Waals surface area contributed by atoms with E-state index < -0.39 is 5.91 Å². The van der Waals surface area contributed by atoms with Crippen LogP contribution in [0.2, 0.25) is 0 Å². The van der Waals surface area contributed by atoms with Gasteiger partial charge in [0.05, 0.1) is 12.2 Å². The highest BCUT2D eigenvalue weighted by Crippen LogP contribution is 2.20. The molecule has 0 aromatic heterocycles. The zero-order chi connectivity index (χ0) is 16.7. The highest BCUT2D eigenvalue weighted by Gasteiger charge is 2.12. The van der Waals surface area contributed by atoms with E-state index in [2.05, 4.69) is 5.32 Å². The van der Waals surface area contributed by atoms with Crippen LogP contribution in [0.4, 0.5) is 5.69 Å². The number of amides is 2. The van der Waals surface area contributed by atoms with Gasteiger partial charge in [-0.15, -0.1) is 0 Å². The topological polar surface area (TPSA) is 90.7 Å². The Labute approximate surface area is 134 Å². The minimum absolute atomic E-state index is 0.301. The zero-order valence-electron chi connectivity index (χ0n) is 12.7. The summed E-state index contributed by atoms with van der Waals surface area (Å²) in [5, 5.41) is 2.75. The first-order chi connectivity index (χ1) is 11.1. The lowest BCUT2D eigenvalue weighted by Gasteiger charge is -2.11. The van der Waals surface area contributed by atoms with Crippen LogP contribution in [-0.2, 0) is 4.74 Å². The molecule has 0 aliphatic carbocycles. The van der Waals surface area contributed by atoms with Crippen molar-refractivity contribution in [2.45, 2.75) is 0 Å². The molecular formula is C17H18N2O4. The highest BCUT2D eigenvalue weighted by atomic mass is 16.5. The summed E-state index contributed by atoms with van der Waals surface area (Å²) < 4.78 is 10.5. The van der Waals surface area contributed by atoms with Crippen LogP contribution in [0, 0.1) is 0 Å². The number of nitrogens with one attached hydrogen (secondary N) is 1. The number of carbonyl (C=O) groups is 2. The van der Waals surface area contributed by atoms with Crippen molar-refractivity contribution in [2.24, 2.45) is 5.73 Å². The van der Waals surface area contributed by atoms with Crippen molar-refractivity contribution < 1.29 is 19.1 Å². The lowest BCUT2D eigenvalue weighted by Crippen LogP contribution is -2.15. The van der Waals surface area contributed by atoms with Crippen LogP contribution in [0.3, 0.4) is 0 Å². The van der Waals surface area contributed by atoms with E-state index in [0.29, 0.717) is 35.8 Å². The molecule has 6 heteroatoms. The fourth-order valence-electron chi connectivity index (χ4n) is 1.93. The van der Waals surface area contributed by atoms with Gasteiger partial charge in [0.1, 0.15) is 12.4 Å². The Morgan fingerprint density at radius 1 is 1.04 bits per heavy atom.